The number of thiazole rings is 1. The lowest BCUT2D eigenvalue weighted by Crippen LogP contribution is -2.45. The van der Waals surface area contributed by atoms with Crippen LogP contribution in [0.15, 0.2) is 29.6 Å². The van der Waals surface area contributed by atoms with Crippen LogP contribution in [0.1, 0.15) is 41.9 Å². The molecule has 0 saturated heterocycles. The van der Waals surface area contributed by atoms with Gasteiger partial charge < -0.3 is 5.32 Å². The van der Waals surface area contributed by atoms with E-state index in [9.17, 15) is 9.18 Å². The summed E-state index contributed by atoms with van der Waals surface area (Å²) in [5, 5.41) is 9.47. The number of amides is 1. The topological polar surface area (TPSA) is 54.0 Å². The van der Waals surface area contributed by atoms with E-state index >= 15 is 0 Å². The Bertz CT molecular complexity index is 693. The van der Waals surface area contributed by atoms with Crippen molar-refractivity contribution in [2.45, 2.75) is 44.7 Å². The first-order valence-electron chi connectivity index (χ1n) is 8.26. The summed E-state index contributed by atoms with van der Waals surface area (Å²) >= 11 is 1.67. The molecule has 24 heavy (non-hydrogen) atoms. The van der Waals surface area contributed by atoms with E-state index < -0.39 is 0 Å². The van der Waals surface area contributed by atoms with Crippen molar-refractivity contribution >= 4 is 17.2 Å². The van der Waals surface area contributed by atoms with Crippen molar-refractivity contribution in [2.75, 3.05) is 6.54 Å². The lowest BCUT2D eigenvalue weighted by Gasteiger charge is -2.28. The number of nitrogens with one attached hydrogen (secondary N) is 2. The summed E-state index contributed by atoms with van der Waals surface area (Å²) in [6, 6.07) is 6.16. The number of aryl methyl sites for hydroxylation is 1. The Balaban J connectivity index is 1.55. The molecule has 1 aromatic carbocycles. The third kappa shape index (κ3) is 3.99. The Morgan fingerprint density at radius 2 is 2.00 bits per heavy atom. The zero-order valence-corrected chi connectivity index (χ0v) is 14.6. The Hall–Kier alpha value is -1.79. The number of nitrogens with zero attached hydrogens (tertiary/aromatic N) is 1. The first-order chi connectivity index (χ1) is 11.6. The average molecular weight is 347 g/mol. The van der Waals surface area contributed by atoms with Gasteiger partial charge in [0, 0.05) is 17.6 Å². The predicted molar refractivity (Wildman–Crippen MR) is 93.2 cm³/mol. The van der Waals surface area contributed by atoms with Gasteiger partial charge in [-0.3, -0.25) is 10.1 Å². The molecule has 1 aliphatic rings. The third-order valence-electron chi connectivity index (χ3n) is 4.48. The van der Waals surface area contributed by atoms with Gasteiger partial charge in [0.1, 0.15) is 10.8 Å². The number of carbonyl (C=O) groups is 1. The van der Waals surface area contributed by atoms with Crippen LogP contribution in [0.25, 0.3) is 0 Å². The van der Waals surface area contributed by atoms with E-state index in [1.54, 1.807) is 23.5 Å². The highest BCUT2D eigenvalue weighted by Gasteiger charge is 2.38. The van der Waals surface area contributed by atoms with Gasteiger partial charge in [-0.1, -0.05) is 25.0 Å². The number of hydrogen-bond donors (Lipinski definition) is 2. The second-order valence-corrected chi connectivity index (χ2v) is 7.20. The van der Waals surface area contributed by atoms with Crippen LogP contribution in [0.4, 0.5) is 4.39 Å². The van der Waals surface area contributed by atoms with Crippen molar-refractivity contribution in [3.05, 3.63) is 51.7 Å². The van der Waals surface area contributed by atoms with Crippen LogP contribution in [-0.2, 0) is 16.9 Å². The minimum Gasteiger partial charge on any atom is -0.351 e. The molecule has 0 unspecified atom stereocenters. The standard InChI is InChI=1S/C18H22FN3OS/c1-13-12-24-17(22-13)18(8-2-3-9-18)21-11-16(23)20-10-14-4-6-15(19)7-5-14/h4-7,12,21H,2-3,8-11H2,1H3,(H,20,23). The molecular weight excluding hydrogens is 325 g/mol. The molecule has 0 atom stereocenters. The molecule has 0 radical (unpaired) electrons. The van der Waals surface area contributed by atoms with Crippen molar-refractivity contribution < 1.29 is 9.18 Å². The molecule has 1 amide bonds. The van der Waals surface area contributed by atoms with Gasteiger partial charge >= 0.3 is 0 Å². The minimum absolute atomic E-state index is 0.0566. The van der Waals surface area contributed by atoms with Gasteiger partial charge in [-0.05, 0) is 37.5 Å². The average Bonchev–Trinajstić information content (AvgIpc) is 3.22. The van der Waals surface area contributed by atoms with Crippen LogP contribution in [0.5, 0.6) is 0 Å². The van der Waals surface area contributed by atoms with Crippen LogP contribution >= 0.6 is 11.3 Å². The number of benzene rings is 1. The van der Waals surface area contributed by atoms with Gasteiger partial charge in [0.25, 0.3) is 0 Å². The quantitative estimate of drug-likeness (QED) is 0.843. The molecule has 4 nitrogen and oxygen atoms in total. The molecule has 1 heterocycles. The van der Waals surface area contributed by atoms with E-state index in [1.165, 1.54) is 12.1 Å². The van der Waals surface area contributed by atoms with Gasteiger partial charge in [0.2, 0.25) is 5.91 Å². The van der Waals surface area contributed by atoms with Gasteiger partial charge in [0.05, 0.1) is 12.1 Å². The van der Waals surface area contributed by atoms with Crippen LogP contribution in [0.2, 0.25) is 0 Å². The fraction of sp³-hybridized carbons (Fsp3) is 0.444. The molecule has 1 aliphatic carbocycles. The maximum Gasteiger partial charge on any atom is 0.234 e. The van der Waals surface area contributed by atoms with Crippen LogP contribution in [0.3, 0.4) is 0 Å². The first kappa shape index (κ1) is 17.0. The van der Waals surface area contributed by atoms with Crippen LogP contribution in [0, 0.1) is 12.7 Å². The third-order valence-corrected chi connectivity index (χ3v) is 5.64. The second-order valence-electron chi connectivity index (χ2n) is 6.34. The molecule has 1 fully saturated rings. The Morgan fingerprint density at radius 1 is 1.29 bits per heavy atom. The molecule has 6 heteroatoms. The van der Waals surface area contributed by atoms with E-state index in [4.69, 9.17) is 0 Å². The molecule has 3 rings (SSSR count). The van der Waals surface area contributed by atoms with Crippen molar-refractivity contribution in [1.29, 1.82) is 0 Å². The van der Waals surface area contributed by atoms with Gasteiger partial charge in [-0.25, -0.2) is 9.37 Å². The summed E-state index contributed by atoms with van der Waals surface area (Å²) in [4.78, 5) is 16.8. The van der Waals surface area contributed by atoms with Crippen LogP contribution in [-0.4, -0.2) is 17.4 Å². The van der Waals surface area contributed by atoms with Crippen molar-refractivity contribution in [3.8, 4) is 0 Å². The zero-order chi connectivity index (χ0) is 17.0. The smallest absolute Gasteiger partial charge is 0.234 e. The minimum atomic E-state index is -0.270. The molecule has 2 aromatic rings. The first-order valence-corrected chi connectivity index (χ1v) is 9.14. The van der Waals surface area contributed by atoms with E-state index in [0.29, 0.717) is 6.54 Å². The van der Waals surface area contributed by atoms with Gasteiger partial charge in [-0.15, -0.1) is 11.3 Å². The summed E-state index contributed by atoms with van der Waals surface area (Å²) in [6.07, 6.45) is 4.35. The summed E-state index contributed by atoms with van der Waals surface area (Å²) in [5.41, 5.74) is 1.76. The van der Waals surface area contributed by atoms with Crippen LogP contribution < -0.4 is 10.6 Å². The molecule has 0 bridgehead atoms. The normalized spacial score (nSPS) is 16.2. The van der Waals surface area contributed by atoms with Gasteiger partial charge in [0.15, 0.2) is 0 Å². The number of halogens is 1. The second kappa shape index (κ2) is 7.40. The SMILES string of the molecule is Cc1csc(C2(NCC(=O)NCc3ccc(F)cc3)CCCC2)n1. The Morgan fingerprint density at radius 3 is 2.62 bits per heavy atom. The summed E-state index contributed by atoms with van der Waals surface area (Å²) in [5.74, 6) is -0.326. The molecular formula is C18H22FN3OS. The summed E-state index contributed by atoms with van der Waals surface area (Å²) in [6.45, 7) is 2.67. The van der Waals surface area contributed by atoms with Crippen molar-refractivity contribution in [2.24, 2.45) is 0 Å². The number of carbonyl (C=O) groups excluding carboxylic acids is 1. The number of hydrogen-bond acceptors (Lipinski definition) is 4. The fourth-order valence-corrected chi connectivity index (χ4v) is 4.17. The predicted octanol–water partition coefficient (Wildman–Crippen LogP) is 3.27. The zero-order valence-electron chi connectivity index (χ0n) is 13.8. The molecule has 128 valence electrons. The molecule has 2 N–H and O–H groups in total. The molecule has 0 spiro atoms. The van der Waals surface area contributed by atoms with Crippen molar-refractivity contribution in [1.82, 2.24) is 15.6 Å². The maximum atomic E-state index is 12.9. The van der Waals surface area contributed by atoms with E-state index in [0.717, 1.165) is 41.9 Å². The Labute approximate surface area is 145 Å². The molecule has 0 aliphatic heterocycles. The number of aromatic nitrogens is 1. The van der Waals surface area contributed by atoms with Crippen molar-refractivity contribution in [3.63, 3.8) is 0 Å². The summed E-state index contributed by atoms with van der Waals surface area (Å²) in [7, 11) is 0. The largest absolute Gasteiger partial charge is 0.351 e. The van der Waals surface area contributed by atoms with E-state index in [2.05, 4.69) is 21.0 Å². The molecule has 1 saturated carbocycles. The number of rotatable bonds is 6. The van der Waals surface area contributed by atoms with E-state index in [1.807, 2.05) is 6.92 Å². The molecule has 1 aromatic heterocycles. The fourth-order valence-electron chi connectivity index (χ4n) is 3.13. The highest BCUT2D eigenvalue weighted by atomic mass is 32.1. The highest BCUT2D eigenvalue weighted by Crippen LogP contribution is 2.39. The van der Waals surface area contributed by atoms with Gasteiger partial charge in [-0.2, -0.15) is 0 Å². The lowest BCUT2D eigenvalue weighted by molar-refractivity contribution is -0.120. The monoisotopic (exact) mass is 347 g/mol. The Kier molecular flexibility index (Phi) is 5.26. The summed E-state index contributed by atoms with van der Waals surface area (Å²) < 4.78 is 12.9. The lowest BCUT2D eigenvalue weighted by atomic mass is 9.98. The van der Waals surface area contributed by atoms with E-state index in [-0.39, 0.29) is 23.8 Å². The maximum absolute atomic E-state index is 12.9. The highest BCUT2D eigenvalue weighted by molar-refractivity contribution is 7.09.